The largest absolute Gasteiger partial charge is 0.483 e. The third kappa shape index (κ3) is 4.44. The number of benzene rings is 2. The highest BCUT2D eigenvalue weighted by atomic mass is 16.5. The monoisotopic (exact) mass is 325 g/mol. The van der Waals surface area contributed by atoms with Crippen molar-refractivity contribution >= 4 is 17.4 Å². The summed E-state index contributed by atoms with van der Waals surface area (Å²) in [5, 5.41) is 2.74. The molecule has 0 fully saturated rings. The third-order valence-electron chi connectivity index (χ3n) is 4.00. The number of carbonyl (C=O) groups is 2. The average molecular weight is 325 g/mol. The number of rotatable bonds is 7. The first-order chi connectivity index (χ1) is 11.5. The summed E-state index contributed by atoms with van der Waals surface area (Å²) in [7, 11) is 0. The number of ketones is 1. The molecule has 1 N–H and O–H groups in total. The lowest BCUT2D eigenvalue weighted by molar-refractivity contribution is -0.118. The zero-order valence-corrected chi connectivity index (χ0v) is 14.3. The Morgan fingerprint density at radius 2 is 1.75 bits per heavy atom. The van der Waals surface area contributed by atoms with Crippen LogP contribution in [0.2, 0.25) is 0 Å². The first kappa shape index (κ1) is 17.7. The molecule has 2 aromatic carbocycles. The molecule has 0 aromatic heterocycles. The van der Waals surface area contributed by atoms with E-state index in [0.29, 0.717) is 17.2 Å². The van der Waals surface area contributed by atoms with Crippen LogP contribution in [0.3, 0.4) is 0 Å². The van der Waals surface area contributed by atoms with Crippen molar-refractivity contribution in [3.8, 4) is 5.75 Å². The molecule has 126 valence electrons. The Hall–Kier alpha value is -2.62. The molecular formula is C20H23NO3. The Kier molecular flexibility index (Phi) is 6.13. The van der Waals surface area contributed by atoms with E-state index in [0.717, 1.165) is 17.7 Å². The maximum atomic E-state index is 12.2. The Labute approximate surface area is 142 Å². The van der Waals surface area contributed by atoms with Crippen molar-refractivity contribution in [3.05, 3.63) is 59.7 Å². The molecule has 1 atom stereocenters. The van der Waals surface area contributed by atoms with Gasteiger partial charge in [-0.1, -0.05) is 44.2 Å². The van der Waals surface area contributed by atoms with E-state index in [1.165, 1.54) is 6.92 Å². The Morgan fingerprint density at radius 1 is 1.08 bits per heavy atom. The van der Waals surface area contributed by atoms with Crippen LogP contribution in [-0.4, -0.2) is 18.3 Å². The highest BCUT2D eigenvalue weighted by Gasteiger charge is 2.13. The molecule has 0 spiro atoms. The van der Waals surface area contributed by atoms with Gasteiger partial charge in [0.05, 0.1) is 5.69 Å². The zero-order chi connectivity index (χ0) is 17.5. The van der Waals surface area contributed by atoms with Crippen LogP contribution in [0.15, 0.2) is 48.5 Å². The molecular weight excluding hydrogens is 302 g/mol. The molecule has 0 saturated heterocycles. The number of nitrogens with one attached hydrogen (secondary N) is 1. The van der Waals surface area contributed by atoms with E-state index in [-0.39, 0.29) is 18.3 Å². The molecule has 24 heavy (non-hydrogen) atoms. The molecule has 4 nitrogen and oxygen atoms in total. The van der Waals surface area contributed by atoms with Crippen LogP contribution < -0.4 is 10.1 Å². The number of ether oxygens (including phenoxy) is 1. The van der Waals surface area contributed by atoms with Gasteiger partial charge < -0.3 is 10.1 Å². The van der Waals surface area contributed by atoms with E-state index in [1.807, 2.05) is 24.3 Å². The van der Waals surface area contributed by atoms with Crippen LogP contribution in [0.4, 0.5) is 5.69 Å². The quantitative estimate of drug-likeness (QED) is 0.767. The Bertz CT molecular complexity index is 724. The lowest BCUT2D eigenvalue weighted by atomic mass is 9.98. The van der Waals surface area contributed by atoms with Gasteiger partial charge in [0.25, 0.3) is 5.91 Å². The van der Waals surface area contributed by atoms with Crippen molar-refractivity contribution in [2.24, 2.45) is 0 Å². The summed E-state index contributed by atoms with van der Waals surface area (Å²) in [6.07, 6.45) is 0.999. The van der Waals surface area contributed by atoms with Gasteiger partial charge in [-0.05, 0) is 43.0 Å². The smallest absolute Gasteiger partial charge is 0.262 e. The van der Waals surface area contributed by atoms with Gasteiger partial charge >= 0.3 is 0 Å². The van der Waals surface area contributed by atoms with Crippen molar-refractivity contribution in [2.75, 3.05) is 11.9 Å². The number of hydrogen-bond acceptors (Lipinski definition) is 3. The molecule has 0 saturated carbocycles. The van der Waals surface area contributed by atoms with Crippen molar-refractivity contribution in [3.63, 3.8) is 0 Å². The van der Waals surface area contributed by atoms with Gasteiger partial charge in [-0.15, -0.1) is 0 Å². The van der Waals surface area contributed by atoms with Crippen LogP contribution in [0.5, 0.6) is 5.75 Å². The Balaban J connectivity index is 2.04. The van der Waals surface area contributed by atoms with E-state index in [1.54, 1.807) is 24.3 Å². The minimum absolute atomic E-state index is 0.0889. The van der Waals surface area contributed by atoms with Crippen molar-refractivity contribution in [1.29, 1.82) is 0 Å². The van der Waals surface area contributed by atoms with E-state index in [4.69, 9.17) is 4.74 Å². The standard InChI is InChI=1S/C20H23NO3/c1-4-14(2)16-9-6-8-12-19(16)24-13-20(23)21-18-11-7-5-10-17(18)15(3)22/h5-12,14H,4,13H2,1-3H3,(H,21,23). The van der Waals surface area contributed by atoms with E-state index >= 15 is 0 Å². The summed E-state index contributed by atoms with van der Waals surface area (Å²) in [5.74, 6) is 0.709. The average Bonchev–Trinajstić information content (AvgIpc) is 2.59. The molecule has 2 rings (SSSR count). The molecule has 0 radical (unpaired) electrons. The Morgan fingerprint density at radius 3 is 2.46 bits per heavy atom. The maximum absolute atomic E-state index is 12.2. The molecule has 0 heterocycles. The van der Waals surface area contributed by atoms with Gasteiger partial charge in [-0.2, -0.15) is 0 Å². The van der Waals surface area contributed by atoms with Crippen molar-refractivity contribution in [2.45, 2.75) is 33.1 Å². The predicted octanol–water partition coefficient (Wildman–Crippen LogP) is 4.42. The normalized spacial score (nSPS) is 11.6. The summed E-state index contributed by atoms with van der Waals surface area (Å²) >= 11 is 0. The molecule has 0 aliphatic rings. The second kappa shape index (κ2) is 8.29. The summed E-state index contributed by atoms with van der Waals surface area (Å²) in [4.78, 5) is 23.8. The summed E-state index contributed by atoms with van der Waals surface area (Å²) in [5.41, 5.74) is 2.09. The van der Waals surface area contributed by atoms with Crippen LogP contribution in [0, 0.1) is 0 Å². The molecule has 4 heteroatoms. The number of hydrogen-bond donors (Lipinski definition) is 1. The van der Waals surface area contributed by atoms with Crippen LogP contribution in [-0.2, 0) is 4.79 Å². The van der Waals surface area contributed by atoms with Gasteiger partial charge in [0, 0.05) is 5.56 Å². The molecule has 1 unspecified atom stereocenters. The number of carbonyl (C=O) groups excluding carboxylic acids is 2. The first-order valence-electron chi connectivity index (χ1n) is 8.14. The van der Waals surface area contributed by atoms with Crippen LogP contribution in [0.1, 0.15) is 49.0 Å². The summed E-state index contributed by atoms with van der Waals surface area (Å²) < 4.78 is 5.70. The van der Waals surface area contributed by atoms with E-state index < -0.39 is 0 Å². The lowest BCUT2D eigenvalue weighted by Crippen LogP contribution is -2.21. The van der Waals surface area contributed by atoms with Gasteiger partial charge in [-0.25, -0.2) is 0 Å². The molecule has 2 aromatic rings. The molecule has 0 aliphatic carbocycles. The maximum Gasteiger partial charge on any atom is 0.262 e. The van der Waals surface area contributed by atoms with Crippen molar-refractivity contribution < 1.29 is 14.3 Å². The first-order valence-corrected chi connectivity index (χ1v) is 8.14. The third-order valence-corrected chi connectivity index (χ3v) is 4.00. The molecule has 0 bridgehead atoms. The van der Waals surface area contributed by atoms with Gasteiger partial charge in [0.15, 0.2) is 12.4 Å². The van der Waals surface area contributed by atoms with Crippen molar-refractivity contribution in [1.82, 2.24) is 0 Å². The van der Waals surface area contributed by atoms with Crippen LogP contribution in [0.25, 0.3) is 0 Å². The fourth-order valence-electron chi connectivity index (χ4n) is 2.47. The SMILES string of the molecule is CCC(C)c1ccccc1OCC(=O)Nc1ccccc1C(C)=O. The zero-order valence-electron chi connectivity index (χ0n) is 14.3. The van der Waals surface area contributed by atoms with Gasteiger partial charge in [-0.3, -0.25) is 9.59 Å². The number of Topliss-reactive ketones (excluding diaryl/α,β-unsaturated/α-hetero) is 1. The number of para-hydroxylation sites is 2. The highest BCUT2D eigenvalue weighted by Crippen LogP contribution is 2.28. The topological polar surface area (TPSA) is 55.4 Å². The minimum atomic E-state index is -0.289. The fraction of sp³-hybridized carbons (Fsp3) is 0.300. The molecule has 1 amide bonds. The predicted molar refractivity (Wildman–Crippen MR) is 95.7 cm³/mol. The van der Waals surface area contributed by atoms with Gasteiger partial charge in [0.1, 0.15) is 5.75 Å². The van der Waals surface area contributed by atoms with E-state index in [9.17, 15) is 9.59 Å². The fourth-order valence-corrected chi connectivity index (χ4v) is 2.47. The van der Waals surface area contributed by atoms with E-state index in [2.05, 4.69) is 19.2 Å². The summed E-state index contributed by atoms with van der Waals surface area (Å²) in [6.45, 7) is 5.63. The summed E-state index contributed by atoms with van der Waals surface area (Å²) in [6, 6.07) is 14.7. The second-order valence-corrected chi connectivity index (χ2v) is 5.79. The number of anilines is 1. The van der Waals surface area contributed by atoms with Gasteiger partial charge in [0.2, 0.25) is 0 Å². The second-order valence-electron chi connectivity index (χ2n) is 5.79. The van der Waals surface area contributed by atoms with Crippen LogP contribution >= 0.6 is 0 Å². The number of amides is 1. The molecule has 0 aliphatic heterocycles. The lowest BCUT2D eigenvalue weighted by Gasteiger charge is -2.16. The highest BCUT2D eigenvalue weighted by molar-refractivity contribution is 6.03. The minimum Gasteiger partial charge on any atom is -0.483 e.